The van der Waals surface area contributed by atoms with Crippen molar-refractivity contribution in [2.45, 2.75) is 40.2 Å². The summed E-state index contributed by atoms with van der Waals surface area (Å²) in [6.45, 7) is 8.99. The Balaban J connectivity index is 1.35. The van der Waals surface area contributed by atoms with Gasteiger partial charge in [0.25, 0.3) is 5.56 Å². The maximum atomic E-state index is 12.9. The molecule has 180 valence electrons. The van der Waals surface area contributed by atoms with E-state index >= 15 is 0 Å². The maximum absolute atomic E-state index is 12.9. The highest BCUT2D eigenvalue weighted by Crippen LogP contribution is 2.25. The van der Waals surface area contributed by atoms with E-state index in [0.29, 0.717) is 43.7 Å². The van der Waals surface area contributed by atoms with Gasteiger partial charge in [-0.15, -0.1) is 11.3 Å². The van der Waals surface area contributed by atoms with Crippen molar-refractivity contribution >= 4 is 39.2 Å². The third-order valence-electron chi connectivity index (χ3n) is 6.15. The van der Waals surface area contributed by atoms with Crippen LogP contribution in [0.3, 0.4) is 0 Å². The van der Waals surface area contributed by atoms with Gasteiger partial charge in [-0.3, -0.25) is 14.2 Å². The van der Waals surface area contributed by atoms with Crippen LogP contribution >= 0.6 is 11.3 Å². The first-order valence-electron chi connectivity index (χ1n) is 11.5. The maximum Gasteiger partial charge on any atom is 0.339 e. The quantitative estimate of drug-likeness (QED) is 0.497. The molecule has 34 heavy (non-hydrogen) atoms. The van der Waals surface area contributed by atoms with E-state index in [4.69, 9.17) is 4.74 Å². The summed E-state index contributed by atoms with van der Waals surface area (Å²) in [6.07, 6.45) is 4.14. The lowest BCUT2D eigenvalue weighted by Gasteiger charge is -2.23. The summed E-state index contributed by atoms with van der Waals surface area (Å²) in [6, 6.07) is 3.53. The molecule has 3 aromatic rings. The lowest BCUT2D eigenvalue weighted by Crippen LogP contribution is -2.36. The van der Waals surface area contributed by atoms with Crippen molar-refractivity contribution in [2.75, 3.05) is 37.7 Å². The second-order valence-corrected chi connectivity index (χ2v) is 9.51. The van der Waals surface area contributed by atoms with Gasteiger partial charge in [0.15, 0.2) is 0 Å². The number of thiophene rings is 1. The zero-order chi connectivity index (χ0) is 24.2. The zero-order valence-corrected chi connectivity index (χ0v) is 20.6. The second kappa shape index (κ2) is 10.3. The van der Waals surface area contributed by atoms with E-state index in [0.717, 1.165) is 34.1 Å². The highest BCUT2D eigenvalue weighted by atomic mass is 32.1. The van der Waals surface area contributed by atoms with Crippen LogP contribution in [0.2, 0.25) is 0 Å². The molecule has 10 heteroatoms. The average Bonchev–Trinajstić information content (AvgIpc) is 3.00. The molecule has 4 rings (SSSR count). The SMILES string of the molecule is CCOC(=O)c1ccc(N2CCCN(C(=O)CCn3cnc4sc(C)c(C)c4c3=O)CC2)nc1. The molecule has 1 fully saturated rings. The molecular formula is C24H29N5O4S. The number of rotatable bonds is 6. The molecule has 1 aliphatic heterocycles. The van der Waals surface area contributed by atoms with Crippen LogP contribution in [-0.4, -0.2) is 64.1 Å². The Morgan fingerprint density at radius 3 is 2.68 bits per heavy atom. The number of amides is 1. The number of esters is 1. The highest BCUT2D eigenvalue weighted by Gasteiger charge is 2.21. The van der Waals surface area contributed by atoms with E-state index in [1.54, 1.807) is 23.9 Å². The number of hydrogen-bond donors (Lipinski definition) is 0. The summed E-state index contributed by atoms with van der Waals surface area (Å²) in [5, 5.41) is 0.657. The second-order valence-electron chi connectivity index (χ2n) is 8.30. The lowest BCUT2D eigenvalue weighted by molar-refractivity contribution is -0.131. The molecule has 3 aromatic heterocycles. The number of hydrogen-bond acceptors (Lipinski definition) is 8. The number of aromatic nitrogens is 3. The van der Waals surface area contributed by atoms with E-state index in [9.17, 15) is 14.4 Å². The van der Waals surface area contributed by atoms with Crippen molar-refractivity contribution in [2.24, 2.45) is 0 Å². The molecule has 0 bridgehead atoms. The summed E-state index contributed by atoms with van der Waals surface area (Å²) in [5.74, 6) is 0.416. The van der Waals surface area contributed by atoms with E-state index in [1.807, 2.05) is 24.8 Å². The van der Waals surface area contributed by atoms with Gasteiger partial charge in [0.05, 0.1) is 23.9 Å². The minimum atomic E-state index is -0.382. The Bertz CT molecular complexity index is 1250. The number of nitrogens with zero attached hydrogens (tertiary/aromatic N) is 5. The van der Waals surface area contributed by atoms with E-state index in [-0.39, 0.29) is 23.9 Å². The molecule has 4 heterocycles. The van der Waals surface area contributed by atoms with Crippen LogP contribution in [0.15, 0.2) is 29.5 Å². The highest BCUT2D eigenvalue weighted by molar-refractivity contribution is 7.18. The standard InChI is InChI=1S/C24H29N5O4S/c1-4-33-24(32)18-6-7-19(25-14-18)27-9-5-10-28(13-12-27)20(30)8-11-29-15-26-22-21(23(29)31)16(2)17(3)34-22/h6-7,14-15H,4-5,8-13H2,1-3H3. The predicted molar refractivity (Wildman–Crippen MR) is 132 cm³/mol. The van der Waals surface area contributed by atoms with Crippen molar-refractivity contribution < 1.29 is 14.3 Å². The Hall–Kier alpha value is -3.27. The van der Waals surface area contributed by atoms with Gasteiger partial charge in [-0.25, -0.2) is 14.8 Å². The molecule has 0 unspecified atom stereocenters. The molecule has 0 atom stereocenters. The molecule has 1 saturated heterocycles. The third-order valence-corrected chi connectivity index (χ3v) is 7.27. The number of carbonyl (C=O) groups is 2. The lowest BCUT2D eigenvalue weighted by atomic mass is 10.2. The Kier molecular flexibility index (Phi) is 7.26. The van der Waals surface area contributed by atoms with Gasteiger partial charge in [0, 0.05) is 50.2 Å². The van der Waals surface area contributed by atoms with Crippen LogP contribution in [-0.2, 0) is 16.1 Å². The van der Waals surface area contributed by atoms with E-state index in [1.165, 1.54) is 17.5 Å². The van der Waals surface area contributed by atoms with Crippen molar-refractivity contribution in [3.8, 4) is 0 Å². The largest absolute Gasteiger partial charge is 0.462 e. The topological polar surface area (TPSA) is 97.6 Å². The number of aryl methyl sites for hydroxylation is 3. The number of anilines is 1. The van der Waals surface area contributed by atoms with Crippen LogP contribution in [0.25, 0.3) is 10.2 Å². The van der Waals surface area contributed by atoms with Crippen molar-refractivity contribution in [1.29, 1.82) is 0 Å². The minimum absolute atomic E-state index is 0.0256. The summed E-state index contributed by atoms with van der Waals surface area (Å²) < 4.78 is 6.54. The number of fused-ring (bicyclic) bond motifs is 1. The average molecular weight is 484 g/mol. The van der Waals surface area contributed by atoms with Crippen molar-refractivity contribution in [1.82, 2.24) is 19.4 Å². The monoisotopic (exact) mass is 483 g/mol. The Morgan fingerprint density at radius 2 is 1.94 bits per heavy atom. The van der Waals surface area contributed by atoms with Gasteiger partial charge >= 0.3 is 5.97 Å². The fraction of sp³-hybridized carbons (Fsp3) is 0.458. The number of ether oxygens (including phenoxy) is 1. The normalized spacial score (nSPS) is 14.3. The molecule has 0 saturated carbocycles. The third kappa shape index (κ3) is 4.96. The van der Waals surface area contributed by atoms with Crippen molar-refractivity contribution in [3.63, 3.8) is 0 Å². The number of pyridine rings is 1. The summed E-state index contributed by atoms with van der Waals surface area (Å²) in [7, 11) is 0. The van der Waals surface area contributed by atoms with E-state index < -0.39 is 0 Å². The molecule has 0 aliphatic carbocycles. The van der Waals surface area contributed by atoms with Gasteiger partial charge in [-0.2, -0.15) is 0 Å². The first kappa shape index (κ1) is 23.9. The first-order chi connectivity index (χ1) is 16.4. The Labute approximate surface area is 202 Å². The first-order valence-corrected chi connectivity index (χ1v) is 12.3. The van der Waals surface area contributed by atoms with Crippen LogP contribution in [0.1, 0.15) is 40.6 Å². The molecule has 0 aromatic carbocycles. The minimum Gasteiger partial charge on any atom is -0.462 e. The fourth-order valence-corrected chi connectivity index (χ4v) is 5.10. The van der Waals surface area contributed by atoms with Gasteiger partial charge in [-0.05, 0) is 44.9 Å². The van der Waals surface area contributed by atoms with E-state index in [2.05, 4.69) is 14.9 Å². The molecule has 0 spiro atoms. The molecule has 1 amide bonds. The van der Waals surface area contributed by atoms with Crippen LogP contribution in [0.5, 0.6) is 0 Å². The molecule has 9 nitrogen and oxygen atoms in total. The summed E-state index contributed by atoms with van der Waals surface area (Å²) >= 11 is 1.52. The van der Waals surface area contributed by atoms with Crippen LogP contribution < -0.4 is 10.5 Å². The zero-order valence-electron chi connectivity index (χ0n) is 19.7. The predicted octanol–water partition coefficient (Wildman–Crippen LogP) is 2.78. The Morgan fingerprint density at radius 1 is 1.12 bits per heavy atom. The van der Waals surface area contributed by atoms with Gasteiger partial charge in [0.1, 0.15) is 10.6 Å². The van der Waals surface area contributed by atoms with Crippen LogP contribution in [0, 0.1) is 13.8 Å². The van der Waals surface area contributed by atoms with Gasteiger partial charge < -0.3 is 14.5 Å². The smallest absolute Gasteiger partial charge is 0.339 e. The number of carbonyl (C=O) groups excluding carboxylic acids is 2. The van der Waals surface area contributed by atoms with Gasteiger partial charge in [-0.1, -0.05) is 0 Å². The van der Waals surface area contributed by atoms with Crippen molar-refractivity contribution in [3.05, 3.63) is 51.0 Å². The molecule has 0 N–H and O–H groups in total. The van der Waals surface area contributed by atoms with Crippen LogP contribution in [0.4, 0.5) is 5.82 Å². The summed E-state index contributed by atoms with van der Waals surface area (Å²) in [5.41, 5.74) is 1.31. The fourth-order valence-electron chi connectivity index (χ4n) is 4.11. The van der Waals surface area contributed by atoms with Gasteiger partial charge in [0.2, 0.25) is 5.91 Å². The molecule has 1 aliphatic rings. The summed E-state index contributed by atoms with van der Waals surface area (Å²) in [4.78, 5) is 52.2. The molecular weight excluding hydrogens is 454 g/mol. The molecule has 0 radical (unpaired) electrons.